The lowest BCUT2D eigenvalue weighted by atomic mass is 10.1. The molecule has 6 nitrogen and oxygen atoms in total. The largest absolute Gasteiger partial charge is 0.494 e. The number of nitriles is 1. The molecule has 0 N–H and O–H groups in total. The Labute approximate surface area is 161 Å². The van der Waals surface area contributed by atoms with Crippen LogP contribution in [-0.4, -0.2) is 49.1 Å². The van der Waals surface area contributed by atoms with E-state index < -0.39 is 0 Å². The van der Waals surface area contributed by atoms with Gasteiger partial charge in [0.1, 0.15) is 11.3 Å². The third kappa shape index (κ3) is 3.32. The van der Waals surface area contributed by atoms with Crippen LogP contribution in [0.1, 0.15) is 15.9 Å². The number of hydrogen-bond acceptors (Lipinski definition) is 6. The number of hydrogen-bond donors (Lipinski definition) is 0. The Bertz CT molecular complexity index is 1010. The Balaban J connectivity index is 1.45. The molecule has 1 aliphatic heterocycles. The summed E-state index contributed by atoms with van der Waals surface area (Å²) in [6, 6.07) is 14.8. The first-order valence-electron chi connectivity index (χ1n) is 8.67. The number of thiazole rings is 1. The fourth-order valence-corrected chi connectivity index (χ4v) is 4.22. The van der Waals surface area contributed by atoms with E-state index in [2.05, 4.69) is 11.0 Å². The third-order valence-corrected chi connectivity index (χ3v) is 5.77. The van der Waals surface area contributed by atoms with E-state index in [0.29, 0.717) is 24.2 Å². The zero-order valence-electron chi connectivity index (χ0n) is 14.9. The summed E-state index contributed by atoms with van der Waals surface area (Å²) in [6.45, 7) is 2.77. The normalized spacial score (nSPS) is 14.2. The molecule has 0 spiro atoms. The van der Waals surface area contributed by atoms with E-state index >= 15 is 0 Å². The average Bonchev–Trinajstić information content (AvgIpc) is 3.18. The van der Waals surface area contributed by atoms with Gasteiger partial charge in [0.15, 0.2) is 5.13 Å². The van der Waals surface area contributed by atoms with E-state index in [9.17, 15) is 4.79 Å². The van der Waals surface area contributed by atoms with Crippen LogP contribution in [0.2, 0.25) is 0 Å². The predicted octanol–water partition coefficient (Wildman–Crippen LogP) is 3.14. The van der Waals surface area contributed by atoms with Crippen molar-refractivity contribution in [2.24, 2.45) is 0 Å². The lowest BCUT2D eigenvalue weighted by Crippen LogP contribution is -2.48. The number of rotatable bonds is 3. The van der Waals surface area contributed by atoms with E-state index in [1.807, 2.05) is 23.1 Å². The van der Waals surface area contributed by atoms with E-state index in [1.165, 1.54) is 0 Å². The fraction of sp³-hybridized carbons (Fsp3) is 0.250. The van der Waals surface area contributed by atoms with Crippen LogP contribution < -0.4 is 9.64 Å². The standard InChI is InChI=1S/C20H18N4O2S/c1-26-16-3-2-4-17-18(16)22-20(27-17)24-11-9-23(10-12-24)19(25)15-7-5-14(13-21)6-8-15/h2-8H,9-12H2,1H3. The van der Waals surface area contributed by atoms with Crippen molar-refractivity contribution in [3.05, 3.63) is 53.6 Å². The van der Waals surface area contributed by atoms with Crippen molar-refractivity contribution in [1.82, 2.24) is 9.88 Å². The molecule has 0 radical (unpaired) electrons. The lowest BCUT2D eigenvalue weighted by Gasteiger charge is -2.34. The average molecular weight is 378 g/mol. The number of amides is 1. The molecule has 0 unspecified atom stereocenters. The van der Waals surface area contributed by atoms with Gasteiger partial charge in [-0.1, -0.05) is 17.4 Å². The maximum absolute atomic E-state index is 12.7. The molecule has 1 aromatic heterocycles. The number of piperazine rings is 1. The molecule has 27 heavy (non-hydrogen) atoms. The highest BCUT2D eigenvalue weighted by Crippen LogP contribution is 2.34. The van der Waals surface area contributed by atoms with Crippen molar-refractivity contribution in [2.75, 3.05) is 38.2 Å². The van der Waals surface area contributed by atoms with E-state index in [4.69, 9.17) is 15.0 Å². The molecule has 3 aromatic rings. The van der Waals surface area contributed by atoms with Gasteiger partial charge in [-0.25, -0.2) is 4.98 Å². The number of fused-ring (bicyclic) bond motifs is 1. The maximum Gasteiger partial charge on any atom is 0.253 e. The van der Waals surface area contributed by atoms with Gasteiger partial charge in [0.05, 0.1) is 23.4 Å². The first-order chi connectivity index (χ1) is 13.2. The number of para-hydroxylation sites is 1. The number of aromatic nitrogens is 1. The lowest BCUT2D eigenvalue weighted by molar-refractivity contribution is 0.0747. The van der Waals surface area contributed by atoms with Crippen LogP contribution in [0.15, 0.2) is 42.5 Å². The van der Waals surface area contributed by atoms with E-state index in [1.54, 1.807) is 42.7 Å². The summed E-state index contributed by atoms with van der Waals surface area (Å²) in [5.74, 6) is 0.787. The number of ether oxygens (including phenoxy) is 1. The van der Waals surface area contributed by atoms with Gasteiger partial charge in [-0.3, -0.25) is 4.79 Å². The summed E-state index contributed by atoms with van der Waals surface area (Å²) in [7, 11) is 1.65. The van der Waals surface area contributed by atoms with Crippen LogP contribution >= 0.6 is 11.3 Å². The van der Waals surface area contributed by atoms with Crippen molar-refractivity contribution in [3.8, 4) is 11.8 Å². The number of benzene rings is 2. The van der Waals surface area contributed by atoms with Gasteiger partial charge in [0.2, 0.25) is 0 Å². The van der Waals surface area contributed by atoms with Crippen molar-refractivity contribution in [3.63, 3.8) is 0 Å². The van der Waals surface area contributed by atoms with Crippen LogP contribution in [0.4, 0.5) is 5.13 Å². The minimum absolute atomic E-state index is 0.00473. The first-order valence-corrected chi connectivity index (χ1v) is 9.49. The van der Waals surface area contributed by atoms with Gasteiger partial charge < -0.3 is 14.5 Å². The molecule has 1 amide bonds. The first kappa shape index (κ1) is 17.3. The minimum atomic E-state index is 0.00473. The van der Waals surface area contributed by atoms with Crippen molar-refractivity contribution in [2.45, 2.75) is 0 Å². The summed E-state index contributed by atoms with van der Waals surface area (Å²) in [6.07, 6.45) is 0. The zero-order valence-corrected chi connectivity index (χ0v) is 15.7. The van der Waals surface area contributed by atoms with Crippen molar-refractivity contribution in [1.29, 1.82) is 5.26 Å². The quantitative estimate of drug-likeness (QED) is 0.700. The van der Waals surface area contributed by atoms with E-state index in [-0.39, 0.29) is 5.91 Å². The molecule has 1 saturated heterocycles. The van der Waals surface area contributed by atoms with Gasteiger partial charge in [-0.05, 0) is 36.4 Å². The van der Waals surface area contributed by atoms with Gasteiger partial charge in [-0.15, -0.1) is 0 Å². The molecule has 7 heteroatoms. The van der Waals surface area contributed by atoms with Crippen LogP contribution in [0.3, 0.4) is 0 Å². The Morgan fingerprint density at radius 2 is 1.89 bits per heavy atom. The summed E-state index contributed by atoms with van der Waals surface area (Å²) in [5, 5.41) is 9.83. The molecular weight excluding hydrogens is 360 g/mol. The fourth-order valence-electron chi connectivity index (χ4n) is 3.18. The monoisotopic (exact) mass is 378 g/mol. The molecule has 2 aromatic carbocycles. The smallest absolute Gasteiger partial charge is 0.253 e. The molecule has 0 atom stereocenters. The summed E-state index contributed by atoms with van der Waals surface area (Å²) < 4.78 is 6.49. The Morgan fingerprint density at radius 1 is 1.15 bits per heavy atom. The summed E-state index contributed by atoms with van der Waals surface area (Å²) >= 11 is 1.64. The Hall–Kier alpha value is -3.11. The minimum Gasteiger partial charge on any atom is -0.494 e. The molecular formula is C20H18N4O2S. The van der Waals surface area contributed by atoms with Crippen LogP contribution in [0, 0.1) is 11.3 Å². The zero-order chi connectivity index (χ0) is 18.8. The highest BCUT2D eigenvalue weighted by atomic mass is 32.1. The molecule has 1 aliphatic rings. The topological polar surface area (TPSA) is 69.5 Å². The molecule has 2 heterocycles. The second-order valence-corrected chi connectivity index (χ2v) is 7.28. The highest BCUT2D eigenvalue weighted by molar-refractivity contribution is 7.22. The molecule has 0 aliphatic carbocycles. The maximum atomic E-state index is 12.7. The molecule has 4 rings (SSSR count). The van der Waals surface area contributed by atoms with Gasteiger partial charge in [-0.2, -0.15) is 5.26 Å². The molecule has 0 bridgehead atoms. The van der Waals surface area contributed by atoms with Crippen molar-refractivity contribution >= 4 is 32.6 Å². The highest BCUT2D eigenvalue weighted by Gasteiger charge is 2.24. The number of methoxy groups -OCH3 is 1. The van der Waals surface area contributed by atoms with Gasteiger partial charge >= 0.3 is 0 Å². The van der Waals surface area contributed by atoms with Crippen LogP contribution in [-0.2, 0) is 0 Å². The number of carbonyl (C=O) groups is 1. The third-order valence-electron chi connectivity index (χ3n) is 4.69. The number of anilines is 1. The van der Waals surface area contributed by atoms with Crippen LogP contribution in [0.5, 0.6) is 5.75 Å². The molecule has 1 fully saturated rings. The summed E-state index contributed by atoms with van der Waals surface area (Å²) in [4.78, 5) is 21.5. The van der Waals surface area contributed by atoms with Crippen LogP contribution in [0.25, 0.3) is 10.2 Å². The summed E-state index contributed by atoms with van der Waals surface area (Å²) in [5.41, 5.74) is 2.06. The van der Waals surface area contributed by atoms with Gasteiger partial charge in [0.25, 0.3) is 5.91 Å². The second kappa shape index (κ2) is 7.25. The number of carbonyl (C=O) groups excluding carboxylic acids is 1. The predicted molar refractivity (Wildman–Crippen MR) is 105 cm³/mol. The SMILES string of the molecule is COc1cccc2sc(N3CCN(C(=O)c4ccc(C#N)cc4)CC3)nc12. The number of nitrogens with zero attached hydrogens (tertiary/aromatic N) is 4. The van der Waals surface area contributed by atoms with Crippen molar-refractivity contribution < 1.29 is 9.53 Å². The van der Waals surface area contributed by atoms with E-state index in [0.717, 1.165) is 34.2 Å². The van der Waals surface area contributed by atoms with Gasteiger partial charge in [0, 0.05) is 31.7 Å². The Morgan fingerprint density at radius 3 is 2.56 bits per heavy atom. The second-order valence-electron chi connectivity index (χ2n) is 6.27. The molecule has 0 saturated carbocycles. The molecule has 136 valence electrons. The Kier molecular flexibility index (Phi) is 4.65.